The van der Waals surface area contributed by atoms with Gasteiger partial charge in [0.05, 0.1) is 6.10 Å². The molecule has 1 saturated heterocycles. The lowest BCUT2D eigenvalue weighted by molar-refractivity contribution is 0.242. The smallest absolute Gasteiger partial charge is 0.171 e. The second-order valence-electron chi connectivity index (χ2n) is 5.36. The summed E-state index contributed by atoms with van der Waals surface area (Å²) in [5.41, 5.74) is 0. The summed E-state index contributed by atoms with van der Waals surface area (Å²) >= 11 is 5.84. The predicted molar refractivity (Wildman–Crippen MR) is 84.0 cm³/mol. The first kappa shape index (κ1) is 15.4. The molecule has 112 valence electrons. The molecule has 0 N–H and O–H groups in total. The first-order valence-electron chi connectivity index (χ1n) is 7.35. The van der Waals surface area contributed by atoms with E-state index in [0.29, 0.717) is 5.88 Å². The number of alkyl halides is 1. The predicted octanol–water partition coefficient (Wildman–Crippen LogP) is 2.62. The highest BCUT2D eigenvalue weighted by Gasteiger charge is 2.18. The summed E-state index contributed by atoms with van der Waals surface area (Å²) in [6.07, 6.45) is 3.14. The maximum Gasteiger partial charge on any atom is 0.171 e. The van der Waals surface area contributed by atoms with Gasteiger partial charge in [-0.15, -0.1) is 11.6 Å². The van der Waals surface area contributed by atoms with Crippen molar-refractivity contribution in [2.24, 2.45) is 0 Å². The summed E-state index contributed by atoms with van der Waals surface area (Å²) in [7, 11) is 0. The Balaban J connectivity index is 2.07. The quantitative estimate of drug-likeness (QED) is 0.781. The molecule has 1 aliphatic rings. The highest BCUT2D eigenvalue weighted by Crippen LogP contribution is 2.27. The first-order valence-corrected chi connectivity index (χ1v) is 7.89. The van der Waals surface area contributed by atoms with Gasteiger partial charge in [0.15, 0.2) is 11.6 Å². The Labute approximate surface area is 126 Å². The first-order chi connectivity index (χ1) is 9.70. The van der Waals surface area contributed by atoms with Gasteiger partial charge in [0.25, 0.3) is 0 Å². The van der Waals surface area contributed by atoms with Crippen molar-refractivity contribution in [3.8, 4) is 5.75 Å². The third kappa shape index (κ3) is 4.25. The molecule has 0 atom stereocenters. The summed E-state index contributed by atoms with van der Waals surface area (Å²) in [6.45, 7) is 9.18. The number of pyridine rings is 1. The lowest BCUT2D eigenvalue weighted by Crippen LogP contribution is -2.32. The van der Waals surface area contributed by atoms with E-state index in [0.717, 1.165) is 50.7 Å². The highest BCUT2D eigenvalue weighted by atomic mass is 35.5. The molecule has 0 bridgehead atoms. The van der Waals surface area contributed by atoms with Crippen LogP contribution in [-0.4, -0.2) is 54.6 Å². The zero-order valence-electron chi connectivity index (χ0n) is 12.4. The van der Waals surface area contributed by atoms with Crippen LogP contribution in [0.3, 0.4) is 0 Å². The van der Waals surface area contributed by atoms with E-state index in [1.165, 1.54) is 0 Å². The maximum absolute atomic E-state index is 5.87. The van der Waals surface area contributed by atoms with Crippen LogP contribution in [0.1, 0.15) is 20.3 Å². The van der Waals surface area contributed by atoms with E-state index >= 15 is 0 Å². The molecule has 2 rings (SSSR count). The van der Waals surface area contributed by atoms with Gasteiger partial charge in [-0.05, 0) is 38.9 Å². The maximum atomic E-state index is 5.87. The van der Waals surface area contributed by atoms with Gasteiger partial charge in [0, 0.05) is 38.3 Å². The van der Waals surface area contributed by atoms with Gasteiger partial charge < -0.3 is 14.5 Å². The van der Waals surface area contributed by atoms with Crippen molar-refractivity contribution in [1.29, 1.82) is 0 Å². The summed E-state index contributed by atoms with van der Waals surface area (Å²) in [4.78, 5) is 9.27. The van der Waals surface area contributed by atoms with E-state index in [2.05, 4.69) is 14.8 Å². The molecule has 0 amide bonds. The Morgan fingerprint density at radius 1 is 1.30 bits per heavy atom. The lowest BCUT2D eigenvalue weighted by atomic mass is 10.3. The Hall–Kier alpha value is -1.00. The Morgan fingerprint density at radius 2 is 2.15 bits per heavy atom. The molecule has 1 aromatic heterocycles. The number of rotatable bonds is 5. The van der Waals surface area contributed by atoms with Crippen LogP contribution >= 0.6 is 11.6 Å². The fourth-order valence-electron chi connectivity index (χ4n) is 2.49. The summed E-state index contributed by atoms with van der Waals surface area (Å²) < 4.78 is 5.87. The fourth-order valence-corrected chi connectivity index (χ4v) is 2.73. The Bertz CT molecular complexity index is 414. The zero-order valence-corrected chi connectivity index (χ0v) is 13.1. The van der Waals surface area contributed by atoms with E-state index < -0.39 is 0 Å². The zero-order chi connectivity index (χ0) is 14.4. The molecule has 0 aromatic carbocycles. The second kappa shape index (κ2) is 7.70. The van der Waals surface area contributed by atoms with Crippen molar-refractivity contribution < 1.29 is 4.74 Å². The molecular formula is C15H24ClN3O. The topological polar surface area (TPSA) is 28.6 Å². The minimum atomic E-state index is 0.165. The van der Waals surface area contributed by atoms with Gasteiger partial charge in [0.1, 0.15) is 0 Å². The Morgan fingerprint density at radius 3 is 2.90 bits per heavy atom. The van der Waals surface area contributed by atoms with E-state index in [4.69, 9.17) is 16.3 Å². The molecule has 1 fully saturated rings. The molecule has 20 heavy (non-hydrogen) atoms. The average Bonchev–Trinajstić information content (AvgIpc) is 2.65. The number of aromatic nitrogens is 1. The van der Waals surface area contributed by atoms with Crippen molar-refractivity contribution in [3.05, 3.63) is 18.3 Å². The van der Waals surface area contributed by atoms with Crippen LogP contribution in [0, 0.1) is 0 Å². The van der Waals surface area contributed by atoms with Crippen molar-refractivity contribution in [3.63, 3.8) is 0 Å². The van der Waals surface area contributed by atoms with E-state index in [1.54, 1.807) is 0 Å². The molecular weight excluding hydrogens is 274 g/mol. The number of halogens is 1. The SMILES string of the molecule is CC(C)Oc1cccnc1N1CCCN(CCCl)CC1. The van der Waals surface area contributed by atoms with Gasteiger partial charge >= 0.3 is 0 Å². The Kier molecular flexibility index (Phi) is 5.92. The molecule has 0 radical (unpaired) electrons. The molecule has 0 saturated carbocycles. The largest absolute Gasteiger partial charge is 0.487 e. The van der Waals surface area contributed by atoms with E-state index in [-0.39, 0.29) is 6.10 Å². The lowest BCUT2D eigenvalue weighted by Gasteiger charge is -2.25. The number of ether oxygens (including phenoxy) is 1. The average molecular weight is 298 g/mol. The number of hydrogen-bond donors (Lipinski definition) is 0. The van der Waals surface area contributed by atoms with Crippen molar-refractivity contribution in [1.82, 2.24) is 9.88 Å². The molecule has 0 unspecified atom stereocenters. The second-order valence-corrected chi connectivity index (χ2v) is 5.74. The normalized spacial score (nSPS) is 17.3. The van der Waals surface area contributed by atoms with Gasteiger partial charge in [-0.2, -0.15) is 0 Å². The van der Waals surface area contributed by atoms with Gasteiger partial charge in [0.2, 0.25) is 0 Å². The third-order valence-corrected chi connectivity index (χ3v) is 3.57. The highest BCUT2D eigenvalue weighted by molar-refractivity contribution is 6.18. The molecule has 5 heteroatoms. The van der Waals surface area contributed by atoms with Crippen LogP contribution in [0.5, 0.6) is 5.75 Å². The monoisotopic (exact) mass is 297 g/mol. The third-order valence-electron chi connectivity index (χ3n) is 3.40. The van der Waals surface area contributed by atoms with Crippen LogP contribution in [0.25, 0.3) is 0 Å². The van der Waals surface area contributed by atoms with Crippen molar-refractivity contribution >= 4 is 17.4 Å². The van der Waals surface area contributed by atoms with Gasteiger partial charge in [-0.3, -0.25) is 0 Å². The number of hydrogen-bond acceptors (Lipinski definition) is 4. The summed E-state index contributed by atoms with van der Waals surface area (Å²) in [6, 6.07) is 3.93. The molecule has 4 nitrogen and oxygen atoms in total. The number of anilines is 1. The molecule has 0 aliphatic carbocycles. The van der Waals surface area contributed by atoms with Crippen molar-refractivity contribution in [2.75, 3.05) is 43.5 Å². The number of nitrogens with zero attached hydrogens (tertiary/aromatic N) is 3. The standard InChI is InChI=1S/C15H24ClN3O/c1-13(2)20-14-5-3-7-17-15(14)19-9-4-8-18(10-6-16)11-12-19/h3,5,7,13H,4,6,8-12H2,1-2H3. The minimum absolute atomic E-state index is 0.165. The van der Waals surface area contributed by atoms with Crippen molar-refractivity contribution in [2.45, 2.75) is 26.4 Å². The molecule has 0 spiro atoms. The van der Waals surface area contributed by atoms with Crippen LogP contribution in [-0.2, 0) is 0 Å². The van der Waals surface area contributed by atoms with Crippen LogP contribution in [0.15, 0.2) is 18.3 Å². The summed E-state index contributed by atoms with van der Waals surface area (Å²) in [5.74, 6) is 2.55. The van der Waals surface area contributed by atoms with E-state index in [1.807, 2.05) is 32.2 Å². The van der Waals surface area contributed by atoms with Gasteiger partial charge in [-0.25, -0.2) is 4.98 Å². The molecule has 1 aromatic rings. The van der Waals surface area contributed by atoms with E-state index in [9.17, 15) is 0 Å². The minimum Gasteiger partial charge on any atom is -0.487 e. The molecule has 2 heterocycles. The molecule has 1 aliphatic heterocycles. The van der Waals surface area contributed by atoms with Crippen LogP contribution < -0.4 is 9.64 Å². The summed E-state index contributed by atoms with van der Waals surface area (Å²) in [5, 5.41) is 0. The fraction of sp³-hybridized carbons (Fsp3) is 0.667. The van der Waals surface area contributed by atoms with Gasteiger partial charge in [-0.1, -0.05) is 0 Å². The van der Waals surface area contributed by atoms with Crippen LogP contribution in [0.4, 0.5) is 5.82 Å². The van der Waals surface area contributed by atoms with Crippen LogP contribution in [0.2, 0.25) is 0 Å².